The molecule has 214 valence electrons. The number of carbonyl (C=O) groups is 2. The summed E-state index contributed by atoms with van der Waals surface area (Å²) in [6.07, 6.45) is -4.73. The number of amides is 2. The lowest BCUT2D eigenvalue weighted by atomic mass is 10.1. The lowest BCUT2D eigenvalue weighted by Gasteiger charge is -2.32. The van der Waals surface area contributed by atoms with Crippen LogP contribution < -0.4 is 9.62 Å². The number of benzene rings is 3. The Morgan fingerprint density at radius 2 is 1.52 bits per heavy atom. The average Bonchev–Trinajstić information content (AvgIpc) is 2.89. The summed E-state index contributed by atoms with van der Waals surface area (Å²) in [5.41, 5.74) is 0.0711. The second-order valence-electron chi connectivity index (χ2n) is 9.72. The molecule has 0 bridgehead atoms. The molecule has 0 aromatic heterocycles. The SMILES string of the molecule is Cc1ccc(S(=O)(=O)N(CC(=O)N(Cc2ccccc2)[C@H](C)C(=O)NC(C)C)c2cccc(C(F)(F)F)c2)cc1. The Bertz CT molecular complexity index is 1430. The van der Waals surface area contributed by atoms with Crippen LogP contribution in [0.1, 0.15) is 37.5 Å². The zero-order valence-electron chi connectivity index (χ0n) is 22.6. The zero-order chi connectivity index (χ0) is 29.7. The number of hydrogen-bond donors (Lipinski definition) is 1. The molecule has 3 aromatic rings. The number of carbonyl (C=O) groups excluding carboxylic acids is 2. The minimum atomic E-state index is -4.73. The van der Waals surface area contributed by atoms with Crippen LogP contribution in [0, 0.1) is 6.92 Å². The third-order valence-electron chi connectivity index (χ3n) is 6.14. The van der Waals surface area contributed by atoms with Gasteiger partial charge in [-0.15, -0.1) is 0 Å². The number of alkyl halides is 3. The molecule has 11 heteroatoms. The molecule has 0 aliphatic heterocycles. The summed E-state index contributed by atoms with van der Waals surface area (Å²) in [7, 11) is -4.48. The van der Waals surface area contributed by atoms with Gasteiger partial charge in [-0.2, -0.15) is 13.2 Å². The van der Waals surface area contributed by atoms with Crippen LogP contribution in [-0.4, -0.2) is 43.8 Å². The molecule has 1 atom stereocenters. The monoisotopic (exact) mass is 575 g/mol. The third-order valence-corrected chi connectivity index (χ3v) is 7.93. The number of anilines is 1. The average molecular weight is 576 g/mol. The molecule has 3 rings (SSSR count). The molecule has 1 N–H and O–H groups in total. The van der Waals surface area contributed by atoms with Gasteiger partial charge in [0.25, 0.3) is 10.0 Å². The Morgan fingerprint density at radius 1 is 0.900 bits per heavy atom. The molecule has 0 saturated carbocycles. The van der Waals surface area contributed by atoms with E-state index in [1.165, 1.54) is 30.0 Å². The summed E-state index contributed by atoms with van der Waals surface area (Å²) in [6.45, 7) is 5.95. The summed E-state index contributed by atoms with van der Waals surface area (Å²) in [6, 6.07) is 17.2. The van der Waals surface area contributed by atoms with Crippen LogP contribution in [0.25, 0.3) is 0 Å². The normalized spacial score (nSPS) is 12.6. The van der Waals surface area contributed by atoms with Crippen LogP contribution in [0.2, 0.25) is 0 Å². The smallest absolute Gasteiger partial charge is 0.352 e. The maximum absolute atomic E-state index is 13.8. The first-order valence-corrected chi connectivity index (χ1v) is 14.0. The van der Waals surface area contributed by atoms with Gasteiger partial charge in [0.15, 0.2) is 0 Å². The maximum Gasteiger partial charge on any atom is 0.416 e. The Kier molecular flexibility index (Phi) is 9.62. The van der Waals surface area contributed by atoms with Gasteiger partial charge in [-0.05, 0) is 63.6 Å². The van der Waals surface area contributed by atoms with Crippen molar-refractivity contribution < 1.29 is 31.2 Å². The van der Waals surface area contributed by atoms with Crippen molar-refractivity contribution in [3.63, 3.8) is 0 Å². The summed E-state index contributed by atoms with van der Waals surface area (Å²) in [5, 5.41) is 2.74. The van der Waals surface area contributed by atoms with Crippen molar-refractivity contribution >= 4 is 27.5 Å². The van der Waals surface area contributed by atoms with Gasteiger partial charge in [-0.25, -0.2) is 8.42 Å². The molecule has 40 heavy (non-hydrogen) atoms. The van der Waals surface area contributed by atoms with Crippen molar-refractivity contribution in [1.82, 2.24) is 10.2 Å². The summed E-state index contributed by atoms with van der Waals surface area (Å²) >= 11 is 0. The minimum Gasteiger partial charge on any atom is -0.352 e. The standard InChI is InChI=1S/C29H32F3N3O4S/c1-20(2)33-28(37)22(4)34(18-23-9-6-5-7-10-23)27(36)19-35(25-12-8-11-24(17-25)29(30,31)32)40(38,39)26-15-13-21(3)14-16-26/h5-17,20,22H,18-19H2,1-4H3,(H,33,37)/t22-/m1/s1. The molecule has 0 radical (unpaired) electrons. The fourth-order valence-corrected chi connectivity index (χ4v) is 5.38. The molecule has 7 nitrogen and oxygen atoms in total. The van der Waals surface area contributed by atoms with Gasteiger partial charge in [0.05, 0.1) is 16.1 Å². The topological polar surface area (TPSA) is 86.8 Å². The Morgan fingerprint density at radius 3 is 2.10 bits per heavy atom. The van der Waals surface area contributed by atoms with Crippen molar-refractivity contribution in [3.05, 3.63) is 95.6 Å². The predicted molar refractivity (Wildman–Crippen MR) is 147 cm³/mol. The van der Waals surface area contributed by atoms with Gasteiger partial charge in [0.1, 0.15) is 12.6 Å². The van der Waals surface area contributed by atoms with E-state index in [2.05, 4.69) is 5.32 Å². The van der Waals surface area contributed by atoms with Crippen LogP contribution in [0.4, 0.5) is 18.9 Å². The molecule has 0 spiro atoms. The highest BCUT2D eigenvalue weighted by molar-refractivity contribution is 7.92. The van der Waals surface area contributed by atoms with E-state index in [4.69, 9.17) is 0 Å². The molecule has 2 amide bonds. The number of nitrogens with one attached hydrogen (secondary N) is 1. The van der Waals surface area contributed by atoms with Gasteiger partial charge >= 0.3 is 6.18 Å². The van der Waals surface area contributed by atoms with Crippen LogP contribution in [0.15, 0.2) is 83.8 Å². The van der Waals surface area contributed by atoms with Gasteiger partial charge in [0, 0.05) is 12.6 Å². The van der Waals surface area contributed by atoms with E-state index >= 15 is 0 Å². The van der Waals surface area contributed by atoms with Gasteiger partial charge < -0.3 is 10.2 Å². The van der Waals surface area contributed by atoms with E-state index in [1.54, 1.807) is 63.2 Å². The van der Waals surface area contributed by atoms with Crippen LogP contribution in [0.3, 0.4) is 0 Å². The van der Waals surface area contributed by atoms with Crippen molar-refractivity contribution in [3.8, 4) is 0 Å². The molecule has 0 aliphatic rings. The molecule has 3 aromatic carbocycles. The van der Waals surface area contributed by atoms with Crippen LogP contribution in [-0.2, 0) is 32.3 Å². The highest BCUT2D eigenvalue weighted by Crippen LogP contribution is 2.33. The predicted octanol–water partition coefficient (Wildman–Crippen LogP) is 5.15. The number of hydrogen-bond acceptors (Lipinski definition) is 4. The van der Waals surface area contributed by atoms with E-state index < -0.39 is 46.2 Å². The van der Waals surface area contributed by atoms with Crippen molar-refractivity contribution in [1.29, 1.82) is 0 Å². The molecule has 0 aliphatic carbocycles. The van der Waals surface area contributed by atoms with E-state index in [0.717, 1.165) is 17.7 Å². The van der Waals surface area contributed by atoms with Gasteiger partial charge in [-0.1, -0.05) is 54.1 Å². The highest BCUT2D eigenvalue weighted by Gasteiger charge is 2.35. The van der Waals surface area contributed by atoms with Crippen LogP contribution >= 0.6 is 0 Å². The second-order valence-corrected chi connectivity index (χ2v) is 11.6. The van der Waals surface area contributed by atoms with E-state index in [0.29, 0.717) is 15.9 Å². The first-order valence-electron chi connectivity index (χ1n) is 12.6. The quantitative estimate of drug-likeness (QED) is 0.362. The second kappa shape index (κ2) is 12.5. The fraction of sp³-hybridized carbons (Fsp3) is 0.310. The maximum atomic E-state index is 13.8. The van der Waals surface area contributed by atoms with Crippen molar-refractivity contribution in [2.24, 2.45) is 0 Å². The van der Waals surface area contributed by atoms with Crippen LogP contribution in [0.5, 0.6) is 0 Å². The van der Waals surface area contributed by atoms with Gasteiger partial charge in [-0.3, -0.25) is 13.9 Å². The summed E-state index contributed by atoms with van der Waals surface area (Å²) < 4.78 is 68.8. The summed E-state index contributed by atoms with van der Waals surface area (Å²) in [4.78, 5) is 27.7. The van der Waals surface area contributed by atoms with E-state index in [9.17, 15) is 31.2 Å². The number of nitrogens with zero attached hydrogens (tertiary/aromatic N) is 2. The Hall–Kier alpha value is -3.86. The highest BCUT2D eigenvalue weighted by atomic mass is 32.2. The lowest BCUT2D eigenvalue weighted by Crippen LogP contribution is -2.52. The largest absolute Gasteiger partial charge is 0.416 e. The molecule has 0 heterocycles. The first kappa shape index (κ1) is 30.7. The fourth-order valence-electron chi connectivity index (χ4n) is 3.97. The minimum absolute atomic E-state index is 0.0205. The number of rotatable bonds is 10. The Labute approximate surface area is 232 Å². The molecule has 0 fully saturated rings. The molecule has 0 saturated heterocycles. The number of halogens is 3. The van der Waals surface area contributed by atoms with Gasteiger partial charge in [0.2, 0.25) is 11.8 Å². The Balaban J connectivity index is 2.08. The van der Waals surface area contributed by atoms with Crippen molar-refractivity contribution in [2.45, 2.75) is 57.4 Å². The first-order chi connectivity index (χ1) is 18.7. The lowest BCUT2D eigenvalue weighted by molar-refractivity contribution is -0.139. The van der Waals surface area contributed by atoms with E-state index in [-0.39, 0.29) is 23.2 Å². The number of sulfonamides is 1. The van der Waals surface area contributed by atoms with Crippen molar-refractivity contribution in [2.75, 3.05) is 10.8 Å². The molecular weight excluding hydrogens is 543 g/mol. The third kappa shape index (κ3) is 7.62. The molecule has 0 unspecified atom stereocenters. The molecular formula is C29H32F3N3O4S. The zero-order valence-corrected chi connectivity index (χ0v) is 23.5. The van der Waals surface area contributed by atoms with E-state index in [1.807, 2.05) is 0 Å². The summed E-state index contributed by atoms with van der Waals surface area (Å²) in [5.74, 6) is -1.21. The number of aryl methyl sites for hydroxylation is 1.